The van der Waals surface area contributed by atoms with Gasteiger partial charge in [0.25, 0.3) is 0 Å². The lowest BCUT2D eigenvalue weighted by atomic mass is 10.0. The topological polar surface area (TPSA) is 4.93 Å². The van der Waals surface area contributed by atoms with Crippen LogP contribution in [0, 0.1) is 6.92 Å². The van der Waals surface area contributed by atoms with E-state index in [1.807, 2.05) is 24.3 Å². The molecule has 104 valence electrons. The average molecular weight is 314 g/mol. The molecule has 1 heterocycles. The van der Waals surface area contributed by atoms with Crippen molar-refractivity contribution in [3.05, 3.63) is 58.1 Å². The maximum Gasteiger partial charge on any atom is 0.0524 e. The zero-order valence-corrected chi connectivity index (χ0v) is 13.3. The molecule has 1 aromatic heterocycles. The van der Waals surface area contributed by atoms with Gasteiger partial charge in [-0.15, -0.1) is 0 Å². The Morgan fingerprint density at radius 3 is 2.33 bits per heavy atom. The summed E-state index contributed by atoms with van der Waals surface area (Å²) in [5.41, 5.74) is 3.64. The number of hydrogen-bond donors (Lipinski definition) is 0. The minimum atomic E-state index is 0.763. The van der Waals surface area contributed by atoms with Crippen molar-refractivity contribution in [3.63, 3.8) is 0 Å². The first-order valence-corrected chi connectivity index (χ1v) is 7.58. The molecule has 1 nitrogen and oxygen atoms in total. The summed E-state index contributed by atoms with van der Waals surface area (Å²) in [6.45, 7) is 2.15. The highest BCUT2D eigenvalue weighted by atomic mass is 35.5. The van der Waals surface area contributed by atoms with Gasteiger partial charge in [-0.2, -0.15) is 0 Å². The minimum absolute atomic E-state index is 0.763. The largest absolute Gasteiger partial charge is 0.343 e. The number of halogens is 2. The Morgan fingerprint density at radius 1 is 0.810 bits per heavy atom. The molecule has 0 saturated heterocycles. The maximum absolute atomic E-state index is 6.16. The van der Waals surface area contributed by atoms with Gasteiger partial charge >= 0.3 is 0 Å². The van der Waals surface area contributed by atoms with Crippen LogP contribution >= 0.6 is 23.2 Å². The molecule has 4 aromatic rings. The van der Waals surface area contributed by atoms with E-state index in [9.17, 15) is 0 Å². The first-order chi connectivity index (χ1) is 10.1. The first-order valence-electron chi connectivity index (χ1n) is 6.83. The zero-order valence-electron chi connectivity index (χ0n) is 11.7. The molecular formula is C18H13Cl2N. The fraction of sp³-hybridized carbons (Fsp3) is 0.111. The van der Waals surface area contributed by atoms with E-state index < -0.39 is 0 Å². The summed E-state index contributed by atoms with van der Waals surface area (Å²) in [5, 5.41) is 6.44. The fourth-order valence-corrected chi connectivity index (χ4v) is 3.64. The van der Waals surface area contributed by atoms with Gasteiger partial charge in [0, 0.05) is 27.9 Å². The summed E-state index contributed by atoms with van der Waals surface area (Å²) < 4.78 is 2.21. The molecule has 4 rings (SSSR count). The number of aryl methyl sites for hydroxylation is 2. The SMILES string of the molecule is Cc1c2cc(Cl)ccc2cc2c3ccc(Cl)cc3n(C)c12. The normalized spacial score (nSPS) is 11.8. The smallest absolute Gasteiger partial charge is 0.0524 e. The predicted molar refractivity (Wildman–Crippen MR) is 92.7 cm³/mol. The summed E-state index contributed by atoms with van der Waals surface area (Å²) >= 11 is 12.3. The van der Waals surface area contributed by atoms with E-state index in [0.717, 1.165) is 15.6 Å². The molecule has 0 atom stereocenters. The van der Waals surface area contributed by atoms with E-state index >= 15 is 0 Å². The molecule has 0 aliphatic rings. The molecule has 0 bridgehead atoms. The van der Waals surface area contributed by atoms with Crippen LogP contribution in [0.4, 0.5) is 0 Å². The van der Waals surface area contributed by atoms with Crippen molar-refractivity contribution in [2.24, 2.45) is 7.05 Å². The molecule has 0 fully saturated rings. The quantitative estimate of drug-likeness (QED) is 0.369. The summed E-state index contributed by atoms with van der Waals surface area (Å²) in [7, 11) is 2.09. The zero-order chi connectivity index (χ0) is 14.7. The number of benzene rings is 3. The summed E-state index contributed by atoms with van der Waals surface area (Å²) in [5.74, 6) is 0. The van der Waals surface area contributed by atoms with Crippen LogP contribution in [-0.4, -0.2) is 4.57 Å². The molecule has 0 radical (unpaired) electrons. The fourth-order valence-electron chi connectivity index (χ4n) is 3.30. The van der Waals surface area contributed by atoms with Gasteiger partial charge in [-0.1, -0.05) is 35.3 Å². The molecule has 0 spiro atoms. The number of fused-ring (bicyclic) bond motifs is 4. The third kappa shape index (κ3) is 1.78. The van der Waals surface area contributed by atoms with Crippen LogP contribution in [0.2, 0.25) is 10.0 Å². The maximum atomic E-state index is 6.16. The van der Waals surface area contributed by atoms with E-state index in [-0.39, 0.29) is 0 Å². The highest BCUT2D eigenvalue weighted by Crippen LogP contribution is 2.36. The number of nitrogens with zero attached hydrogens (tertiary/aromatic N) is 1. The molecule has 3 aromatic carbocycles. The van der Waals surface area contributed by atoms with Gasteiger partial charge in [-0.25, -0.2) is 0 Å². The minimum Gasteiger partial charge on any atom is -0.343 e. The summed E-state index contributed by atoms with van der Waals surface area (Å²) in [6, 6.07) is 14.4. The lowest BCUT2D eigenvalue weighted by molar-refractivity contribution is 1.01. The van der Waals surface area contributed by atoms with Crippen molar-refractivity contribution >= 4 is 55.8 Å². The van der Waals surface area contributed by atoms with Crippen LogP contribution in [0.1, 0.15) is 5.56 Å². The Labute approximate surface area is 132 Å². The van der Waals surface area contributed by atoms with Crippen molar-refractivity contribution in [2.45, 2.75) is 6.92 Å². The molecule has 21 heavy (non-hydrogen) atoms. The van der Waals surface area contributed by atoms with Gasteiger partial charge in [-0.3, -0.25) is 0 Å². The van der Waals surface area contributed by atoms with Crippen LogP contribution in [0.15, 0.2) is 42.5 Å². The Hall–Kier alpha value is -1.70. The van der Waals surface area contributed by atoms with Crippen LogP contribution in [-0.2, 0) is 7.05 Å². The van der Waals surface area contributed by atoms with Gasteiger partial charge in [0.15, 0.2) is 0 Å². The second-order valence-electron chi connectivity index (χ2n) is 5.48. The van der Waals surface area contributed by atoms with Gasteiger partial charge in [-0.05, 0) is 53.6 Å². The molecule has 0 aliphatic carbocycles. The third-order valence-electron chi connectivity index (χ3n) is 4.28. The Bertz CT molecular complexity index is 1020. The van der Waals surface area contributed by atoms with E-state index in [4.69, 9.17) is 23.2 Å². The van der Waals surface area contributed by atoms with Crippen LogP contribution in [0.5, 0.6) is 0 Å². The standard InChI is InChI=1S/C18H13Cl2N/c1-10-15-8-12(19)4-3-11(15)7-16-14-6-5-13(20)9-17(14)21(2)18(10)16/h3-9H,1-2H3. The lowest BCUT2D eigenvalue weighted by Crippen LogP contribution is -1.90. The lowest BCUT2D eigenvalue weighted by Gasteiger charge is -2.07. The van der Waals surface area contributed by atoms with Gasteiger partial charge in [0.2, 0.25) is 0 Å². The Kier molecular flexibility index (Phi) is 2.72. The van der Waals surface area contributed by atoms with Gasteiger partial charge in [0.05, 0.1) is 11.0 Å². The average Bonchev–Trinajstić information content (AvgIpc) is 2.73. The van der Waals surface area contributed by atoms with Crippen LogP contribution < -0.4 is 0 Å². The highest BCUT2D eigenvalue weighted by molar-refractivity contribution is 6.32. The second-order valence-corrected chi connectivity index (χ2v) is 6.36. The third-order valence-corrected chi connectivity index (χ3v) is 4.75. The number of hydrogen-bond acceptors (Lipinski definition) is 0. The van der Waals surface area contributed by atoms with E-state index in [0.29, 0.717) is 0 Å². The molecule has 0 saturated carbocycles. The van der Waals surface area contributed by atoms with Crippen molar-refractivity contribution in [3.8, 4) is 0 Å². The molecular weight excluding hydrogens is 301 g/mol. The van der Waals surface area contributed by atoms with Crippen LogP contribution in [0.3, 0.4) is 0 Å². The highest BCUT2D eigenvalue weighted by Gasteiger charge is 2.13. The predicted octanol–water partition coefficient (Wildman–Crippen LogP) is 6.10. The Morgan fingerprint density at radius 2 is 1.52 bits per heavy atom. The van der Waals surface area contributed by atoms with Gasteiger partial charge in [0.1, 0.15) is 0 Å². The van der Waals surface area contributed by atoms with Crippen molar-refractivity contribution < 1.29 is 0 Å². The van der Waals surface area contributed by atoms with Crippen LogP contribution in [0.25, 0.3) is 32.6 Å². The summed E-state index contributed by atoms with van der Waals surface area (Å²) in [4.78, 5) is 0. The number of rotatable bonds is 0. The van der Waals surface area contributed by atoms with Crippen molar-refractivity contribution in [1.29, 1.82) is 0 Å². The van der Waals surface area contributed by atoms with Crippen molar-refractivity contribution in [2.75, 3.05) is 0 Å². The molecule has 0 unspecified atom stereocenters. The Balaban J connectivity index is 2.31. The second kappa shape index (κ2) is 4.40. The molecule has 0 N–H and O–H groups in total. The number of aromatic nitrogens is 1. The van der Waals surface area contributed by atoms with Crippen molar-refractivity contribution in [1.82, 2.24) is 4.57 Å². The van der Waals surface area contributed by atoms with Gasteiger partial charge < -0.3 is 4.57 Å². The van der Waals surface area contributed by atoms with E-state index in [1.165, 1.54) is 32.6 Å². The molecule has 0 aliphatic heterocycles. The molecule has 0 amide bonds. The summed E-state index contributed by atoms with van der Waals surface area (Å²) in [6.07, 6.45) is 0. The van der Waals surface area contributed by atoms with E-state index in [1.54, 1.807) is 0 Å². The molecule has 3 heteroatoms. The first kappa shape index (κ1) is 13.0. The van der Waals surface area contributed by atoms with E-state index in [2.05, 4.69) is 36.7 Å². The monoisotopic (exact) mass is 313 g/mol.